The van der Waals surface area contributed by atoms with Crippen LogP contribution in [0.2, 0.25) is 10.0 Å². The summed E-state index contributed by atoms with van der Waals surface area (Å²) in [5.74, 6) is -7.88. The van der Waals surface area contributed by atoms with E-state index in [-0.39, 0.29) is 17.2 Å². The van der Waals surface area contributed by atoms with Crippen molar-refractivity contribution in [3.05, 3.63) is 74.3 Å². The summed E-state index contributed by atoms with van der Waals surface area (Å²) in [6.07, 6.45) is -19.1. The van der Waals surface area contributed by atoms with Gasteiger partial charge >= 0.3 is 18.5 Å². The first-order valence-electron chi connectivity index (χ1n) is 11.3. The molecule has 1 fully saturated rings. The molecule has 0 radical (unpaired) electrons. The van der Waals surface area contributed by atoms with Crippen LogP contribution in [0.25, 0.3) is 5.83 Å². The Hall–Kier alpha value is -3.18. The number of carbonyl (C=O) groups is 2. The SMILES string of the molecule is O=C(NC1CON(CC(F)(F)F)C1=O)c1ccc(/C(F)=C/C(c2cc(Cl)c(C(F)F)c(Cl)c2)C(F)(F)F)cc1C(F)(F)F. The van der Waals surface area contributed by atoms with E-state index >= 15 is 4.39 Å². The number of nitrogens with zero attached hydrogens (tertiary/aromatic N) is 1. The summed E-state index contributed by atoms with van der Waals surface area (Å²) in [6.45, 7) is -2.73. The van der Waals surface area contributed by atoms with Crippen LogP contribution in [0.1, 0.15) is 45.0 Å². The molecule has 0 spiro atoms. The van der Waals surface area contributed by atoms with Gasteiger partial charge in [-0.05, 0) is 35.9 Å². The summed E-state index contributed by atoms with van der Waals surface area (Å²) < 4.78 is 161. The second kappa shape index (κ2) is 12.4. The molecule has 1 aliphatic heterocycles. The van der Waals surface area contributed by atoms with Crippen molar-refractivity contribution >= 4 is 40.8 Å². The maximum Gasteiger partial charge on any atom is 0.417 e. The van der Waals surface area contributed by atoms with E-state index in [1.807, 2.05) is 0 Å². The van der Waals surface area contributed by atoms with Crippen LogP contribution in [-0.4, -0.2) is 48.4 Å². The van der Waals surface area contributed by atoms with Gasteiger partial charge in [-0.1, -0.05) is 29.3 Å². The first kappa shape index (κ1) is 34.3. The summed E-state index contributed by atoms with van der Waals surface area (Å²) in [7, 11) is 0. The average Bonchev–Trinajstić information content (AvgIpc) is 3.17. The zero-order valence-corrected chi connectivity index (χ0v) is 22.1. The number of hydroxylamine groups is 2. The number of hydrogen-bond acceptors (Lipinski definition) is 3. The molecule has 2 atom stereocenters. The summed E-state index contributed by atoms with van der Waals surface area (Å²) >= 11 is 11.2. The van der Waals surface area contributed by atoms with Gasteiger partial charge in [0.1, 0.15) is 30.9 Å². The molecule has 0 aromatic heterocycles. The Labute approximate surface area is 242 Å². The highest BCUT2D eigenvalue weighted by Crippen LogP contribution is 2.43. The smallest absolute Gasteiger partial charge is 0.338 e. The predicted molar refractivity (Wildman–Crippen MR) is 126 cm³/mol. The van der Waals surface area contributed by atoms with E-state index in [9.17, 15) is 57.9 Å². The fourth-order valence-electron chi connectivity index (χ4n) is 3.84. The molecule has 236 valence electrons. The number of carbonyl (C=O) groups excluding carboxylic acids is 2. The number of halogens is 14. The highest BCUT2D eigenvalue weighted by Gasteiger charge is 2.43. The number of alkyl halides is 11. The summed E-state index contributed by atoms with van der Waals surface area (Å²) in [4.78, 5) is 29.1. The van der Waals surface area contributed by atoms with Crippen molar-refractivity contribution < 1.29 is 67.1 Å². The van der Waals surface area contributed by atoms with E-state index in [0.717, 1.165) is 0 Å². The largest absolute Gasteiger partial charge is 0.417 e. The molecule has 43 heavy (non-hydrogen) atoms. The Morgan fingerprint density at radius 3 is 2.09 bits per heavy atom. The van der Waals surface area contributed by atoms with Gasteiger partial charge in [-0.25, -0.2) is 18.2 Å². The number of nitrogens with one attached hydrogen (secondary N) is 1. The van der Waals surface area contributed by atoms with Gasteiger partial charge in [0.15, 0.2) is 0 Å². The Bertz CT molecular complexity index is 1400. The third kappa shape index (κ3) is 8.26. The maximum atomic E-state index is 15.0. The molecule has 1 N–H and O–H groups in total. The topological polar surface area (TPSA) is 58.6 Å². The molecule has 0 aliphatic carbocycles. The number of amides is 2. The van der Waals surface area contributed by atoms with Crippen molar-refractivity contribution in [1.82, 2.24) is 10.4 Å². The first-order chi connectivity index (χ1) is 19.6. The number of rotatable bonds is 7. The minimum absolute atomic E-state index is 0.0169. The van der Waals surface area contributed by atoms with E-state index in [4.69, 9.17) is 23.2 Å². The van der Waals surface area contributed by atoms with Crippen molar-refractivity contribution in [2.24, 2.45) is 0 Å². The molecule has 0 bridgehead atoms. The van der Waals surface area contributed by atoms with E-state index in [0.29, 0.717) is 24.3 Å². The Balaban J connectivity index is 1.96. The quantitative estimate of drug-likeness (QED) is 0.302. The minimum atomic E-state index is -5.42. The molecule has 0 saturated carbocycles. The van der Waals surface area contributed by atoms with Gasteiger partial charge in [-0.15, -0.1) is 0 Å². The molecule has 2 aromatic carbocycles. The molecule has 2 aromatic rings. The highest BCUT2D eigenvalue weighted by atomic mass is 35.5. The zero-order valence-electron chi connectivity index (χ0n) is 20.6. The molecule has 1 heterocycles. The van der Waals surface area contributed by atoms with Crippen LogP contribution in [0.3, 0.4) is 0 Å². The van der Waals surface area contributed by atoms with E-state index in [1.54, 1.807) is 5.32 Å². The number of allylic oxidation sites excluding steroid dienone is 1. The predicted octanol–water partition coefficient (Wildman–Crippen LogP) is 8.04. The third-order valence-corrected chi connectivity index (χ3v) is 6.38. The van der Waals surface area contributed by atoms with Crippen LogP contribution < -0.4 is 5.32 Å². The third-order valence-electron chi connectivity index (χ3n) is 5.76. The molecule has 1 aliphatic rings. The Kier molecular flexibility index (Phi) is 9.92. The van der Waals surface area contributed by atoms with Gasteiger partial charge in [0.25, 0.3) is 18.2 Å². The maximum absolute atomic E-state index is 15.0. The number of benzene rings is 2. The van der Waals surface area contributed by atoms with Gasteiger partial charge in [0.05, 0.1) is 26.7 Å². The molecule has 2 amide bonds. The molecule has 3 rings (SSSR count). The van der Waals surface area contributed by atoms with Gasteiger partial charge < -0.3 is 5.32 Å². The zero-order chi connectivity index (χ0) is 32.7. The molecule has 2 unspecified atom stereocenters. The lowest BCUT2D eigenvalue weighted by atomic mass is 9.94. The standard InChI is InChI=1S/C24H14Cl2F12N2O3/c25-14-4-10(5-15(26)18(14)19(28)29)12(23(33,34)35)6-16(27)9-1-2-11(13(3-9)24(36,37)38)20(41)39-17-7-43-40(21(17)42)8-22(30,31)32/h1-6,12,17,19H,7-8H2,(H,39,41)/b16-6-. The fraction of sp³-hybridized carbons (Fsp3) is 0.333. The van der Waals surface area contributed by atoms with Crippen LogP contribution in [0.4, 0.5) is 52.7 Å². The average molecular weight is 677 g/mol. The lowest BCUT2D eigenvalue weighted by Gasteiger charge is -2.20. The minimum Gasteiger partial charge on any atom is -0.338 e. The van der Waals surface area contributed by atoms with Gasteiger partial charge in [-0.2, -0.15) is 39.5 Å². The van der Waals surface area contributed by atoms with Gasteiger partial charge in [0.2, 0.25) is 0 Å². The van der Waals surface area contributed by atoms with E-state index in [2.05, 4.69) is 4.84 Å². The lowest BCUT2D eigenvalue weighted by Crippen LogP contribution is -2.44. The van der Waals surface area contributed by atoms with E-state index < -0.39 is 106 Å². The monoisotopic (exact) mass is 676 g/mol. The fourth-order valence-corrected chi connectivity index (χ4v) is 4.51. The van der Waals surface area contributed by atoms with Crippen LogP contribution in [0, 0.1) is 0 Å². The van der Waals surface area contributed by atoms with Crippen molar-refractivity contribution in [2.75, 3.05) is 13.2 Å². The second-order valence-corrected chi connectivity index (χ2v) is 9.62. The second-order valence-electron chi connectivity index (χ2n) is 8.80. The van der Waals surface area contributed by atoms with Crippen LogP contribution in [-0.2, 0) is 15.8 Å². The van der Waals surface area contributed by atoms with Crippen LogP contribution in [0.5, 0.6) is 0 Å². The molecule has 1 saturated heterocycles. The summed E-state index contributed by atoms with van der Waals surface area (Å²) in [6, 6.07) is -0.106. The molecular weight excluding hydrogens is 663 g/mol. The highest BCUT2D eigenvalue weighted by molar-refractivity contribution is 6.36. The van der Waals surface area contributed by atoms with Crippen molar-refractivity contribution in [1.29, 1.82) is 0 Å². The number of hydrogen-bond donors (Lipinski definition) is 1. The lowest BCUT2D eigenvalue weighted by molar-refractivity contribution is -0.214. The summed E-state index contributed by atoms with van der Waals surface area (Å²) in [5, 5.41) is -0.167. The normalized spacial score (nSPS) is 17.6. The van der Waals surface area contributed by atoms with Crippen molar-refractivity contribution in [3.8, 4) is 0 Å². The Morgan fingerprint density at radius 2 is 1.60 bits per heavy atom. The Morgan fingerprint density at radius 1 is 1.02 bits per heavy atom. The first-order valence-corrected chi connectivity index (χ1v) is 12.1. The van der Waals surface area contributed by atoms with Gasteiger partial charge in [-0.3, -0.25) is 14.4 Å². The van der Waals surface area contributed by atoms with Crippen LogP contribution in [0.15, 0.2) is 36.4 Å². The van der Waals surface area contributed by atoms with Crippen molar-refractivity contribution in [3.63, 3.8) is 0 Å². The van der Waals surface area contributed by atoms with E-state index in [1.165, 1.54) is 0 Å². The molecular formula is C24H14Cl2F12N2O3. The summed E-state index contributed by atoms with van der Waals surface area (Å²) in [5.41, 5.74) is -6.14. The molecule has 19 heteroatoms. The van der Waals surface area contributed by atoms with Crippen molar-refractivity contribution in [2.45, 2.75) is 36.9 Å². The molecule has 5 nitrogen and oxygen atoms in total. The van der Waals surface area contributed by atoms with Crippen LogP contribution >= 0.6 is 23.2 Å². The van der Waals surface area contributed by atoms with Gasteiger partial charge in [0, 0.05) is 5.56 Å².